The van der Waals surface area contributed by atoms with Crippen molar-refractivity contribution in [1.29, 1.82) is 0 Å². The number of phenols is 2. The van der Waals surface area contributed by atoms with Gasteiger partial charge in [-0.2, -0.15) is 0 Å². The highest BCUT2D eigenvalue weighted by Gasteiger charge is 2.50. The normalized spacial score (nSPS) is 32.5. The van der Waals surface area contributed by atoms with Crippen LogP contribution in [0.25, 0.3) is 10.8 Å². The summed E-state index contributed by atoms with van der Waals surface area (Å²) >= 11 is 0. The summed E-state index contributed by atoms with van der Waals surface area (Å²) in [5.41, 5.74) is -0.589. The van der Waals surface area contributed by atoms with Gasteiger partial charge in [0.1, 0.15) is 35.1 Å². The minimum Gasteiger partial charge on any atom is -0.507 e. The second kappa shape index (κ2) is 22.7. The van der Waals surface area contributed by atoms with Crippen LogP contribution in [0.5, 0.6) is 17.2 Å². The van der Waals surface area contributed by atoms with E-state index in [0.29, 0.717) is 57.8 Å². The lowest BCUT2D eigenvalue weighted by Gasteiger charge is -2.37. The smallest absolute Gasteiger partial charge is 0.315 e. The molecule has 1 saturated carbocycles. The highest BCUT2D eigenvalue weighted by Crippen LogP contribution is 2.50. The van der Waals surface area contributed by atoms with Crippen LogP contribution in [0.4, 0.5) is 5.69 Å². The fourth-order valence-electron chi connectivity index (χ4n) is 12.0. The number of allylic oxidation sites excluding steroid dienone is 3. The van der Waals surface area contributed by atoms with E-state index in [9.17, 15) is 39.6 Å². The maximum atomic E-state index is 14.9. The summed E-state index contributed by atoms with van der Waals surface area (Å²) in [6.07, 6.45) is 11.7. The van der Waals surface area contributed by atoms with E-state index in [2.05, 4.69) is 31.0 Å². The van der Waals surface area contributed by atoms with Crippen molar-refractivity contribution in [3.63, 3.8) is 0 Å². The molecule has 2 amide bonds. The maximum absolute atomic E-state index is 14.9. The van der Waals surface area contributed by atoms with E-state index in [-0.39, 0.29) is 79.9 Å². The summed E-state index contributed by atoms with van der Waals surface area (Å²) in [5, 5.41) is 51.0. The second-order valence-electron chi connectivity index (χ2n) is 23.3. The summed E-state index contributed by atoms with van der Waals surface area (Å²) in [4.78, 5) is 70.7. The number of rotatable bonds is 7. The van der Waals surface area contributed by atoms with Gasteiger partial charge in [-0.15, -0.1) is 0 Å². The van der Waals surface area contributed by atoms with Gasteiger partial charge >= 0.3 is 11.8 Å². The Morgan fingerprint density at radius 3 is 2.19 bits per heavy atom. The maximum Gasteiger partial charge on any atom is 0.315 e. The van der Waals surface area contributed by atoms with Gasteiger partial charge in [0.05, 0.1) is 47.0 Å². The van der Waals surface area contributed by atoms with Gasteiger partial charge in [-0.25, -0.2) is 0 Å². The van der Waals surface area contributed by atoms with E-state index in [0.717, 1.165) is 38.1 Å². The molecule has 9 rings (SSSR count). The van der Waals surface area contributed by atoms with Gasteiger partial charge in [-0.1, -0.05) is 66.7 Å². The first-order valence-corrected chi connectivity index (χ1v) is 27.5. The average Bonchev–Trinajstić information content (AvgIpc) is 3.89. The molecule has 5 N–H and O–H groups in total. The van der Waals surface area contributed by atoms with Gasteiger partial charge in [-0.05, 0) is 82.6 Å². The van der Waals surface area contributed by atoms with Crippen LogP contribution in [-0.4, -0.2) is 128 Å². The Morgan fingerprint density at radius 1 is 0.867 bits per heavy atom. The molecule has 6 heterocycles. The Labute approximate surface area is 441 Å². The predicted molar refractivity (Wildman–Crippen MR) is 283 cm³/mol. The second-order valence-corrected chi connectivity index (χ2v) is 23.3. The average molecular weight is 1040 g/mol. The molecule has 3 fully saturated rings. The molecule has 5 bridgehead atoms. The van der Waals surface area contributed by atoms with Crippen LogP contribution < -0.4 is 20.8 Å². The first-order chi connectivity index (χ1) is 35.5. The molecule has 2 aromatic rings. The molecule has 75 heavy (non-hydrogen) atoms. The van der Waals surface area contributed by atoms with Crippen LogP contribution in [0.2, 0.25) is 0 Å². The summed E-state index contributed by atoms with van der Waals surface area (Å²) in [6, 6.07) is 0. The van der Waals surface area contributed by atoms with Crippen molar-refractivity contribution >= 4 is 40.0 Å². The number of likely N-dealkylation sites (tertiary alicyclic amines) is 2. The zero-order valence-corrected chi connectivity index (χ0v) is 45.7. The number of piperidine rings is 2. The zero-order chi connectivity index (χ0) is 54.3. The number of amides is 2. The summed E-state index contributed by atoms with van der Waals surface area (Å²) in [6.45, 7) is 21.6. The fraction of sp³-hybridized carbons (Fsp3) is 0.655. The monoisotopic (exact) mass is 1040 g/mol. The topological polar surface area (TPSA) is 229 Å². The number of nitrogens with zero attached hydrogens (tertiary/aromatic N) is 4. The number of fused-ring (bicyclic) bond motifs is 13. The number of ketones is 1. The third kappa shape index (κ3) is 11.7. The van der Waals surface area contributed by atoms with E-state index in [1.165, 1.54) is 13.2 Å². The number of carbonyl (C=O) groups is 4. The molecule has 410 valence electrons. The van der Waals surface area contributed by atoms with E-state index >= 15 is 0 Å². The zero-order valence-electron chi connectivity index (χ0n) is 45.7. The van der Waals surface area contributed by atoms with Gasteiger partial charge in [0.2, 0.25) is 5.91 Å². The van der Waals surface area contributed by atoms with Gasteiger partial charge < -0.3 is 54.5 Å². The number of carbonyl (C=O) groups excluding carboxylic acids is 4. The number of aliphatic hydroxyl groups is 2. The predicted octanol–water partition coefficient (Wildman–Crippen LogP) is 7.08. The molecular weight excluding hydrogens is 959 g/mol. The van der Waals surface area contributed by atoms with E-state index in [4.69, 9.17) is 28.9 Å². The molecule has 17 heteroatoms. The van der Waals surface area contributed by atoms with Crippen molar-refractivity contribution in [2.24, 2.45) is 45.5 Å². The largest absolute Gasteiger partial charge is 0.507 e. The van der Waals surface area contributed by atoms with E-state index in [1.807, 2.05) is 6.92 Å². The van der Waals surface area contributed by atoms with Crippen molar-refractivity contribution in [3.8, 4) is 17.2 Å². The number of phenolic OH excluding ortho intramolecular Hbond substituents is 2. The van der Waals surface area contributed by atoms with Gasteiger partial charge in [-0.3, -0.25) is 29.2 Å². The molecule has 2 aromatic carbocycles. The van der Waals surface area contributed by atoms with Crippen molar-refractivity contribution < 1.29 is 58.6 Å². The van der Waals surface area contributed by atoms with Crippen LogP contribution in [0.15, 0.2) is 46.1 Å². The number of Topliss-reactive ketones (excluding diaryl/α,β-unsaturated/α-hetero) is 1. The number of anilines is 1. The number of ether oxygens (including phenoxy) is 4. The lowest BCUT2D eigenvalue weighted by Crippen LogP contribution is -2.45. The molecule has 1 spiro atoms. The highest BCUT2D eigenvalue weighted by molar-refractivity contribution is 6.19. The number of aromatic hydroxyl groups is 2. The molecule has 0 radical (unpaired) electrons. The number of hydrogen-bond acceptors (Lipinski definition) is 15. The molecule has 8 atom stereocenters. The molecule has 0 aromatic heterocycles. The Kier molecular flexibility index (Phi) is 16.9. The molecule has 6 aliphatic heterocycles. The SMILES string of the molecule is C/C1=C/C=C/[C@H](C)[C@H](O)[C@@H](C)[C@@H](O)[C@@H](C)[C@H](OC(=O)CC(=O)N2CCC(OC3CCC(C)CC3)CC2)[C@H](C)C/C=C/O[C@@]2(C)Oc3c(C)c(O)c4c(O)c(c5c(c4c3C2=O)=NC2(CCN(CC(C)C)CC2)N=5)NC1=O. The Morgan fingerprint density at radius 2 is 1.52 bits per heavy atom. The molecule has 2 saturated heterocycles. The minimum absolute atomic E-state index is 0.0412. The number of hydrogen-bond donors (Lipinski definition) is 5. The van der Waals surface area contributed by atoms with Crippen LogP contribution in [0.3, 0.4) is 0 Å². The number of benzene rings is 2. The Hall–Kier alpha value is -5.36. The fourth-order valence-corrected chi connectivity index (χ4v) is 12.0. The van der Waals surface area contributed by atoms with Crippen LogP contribution in [0.1, 0.15) is 142 Å². The Bertz CT molecular complexity index is 2730. The van der Waals surface area contributed by atoms with Gasteiger partial charge in [0.25, 0.3) is 11.7 Å². The molecule has 0 unspecified atom stereocenters. The number of esters is 1. The van der Waals surface area contributed by atoms with Crippen molar-refractivity contribution in [1.82, 2.24) is 9.80 Å². The highest BCUT2D eigenvalue weighted by atomic mass is 16.7. The molecular formula is C58H81N5O12. The number of aliphatic hydroxyl groups excluding tert-OH is 2. The molecule has 17 nitrogen and oxygen atoms in total. The molecule has 1 aliphatic carbocycles. The standard InChI is InChI=1S/C58H81N5O12/c1-31(2)30-62-26-22-58(23-27-62)60-46-43-44-51(68)38(9)54-45(43)55(70)57(10,75-54)72-28-12-15-34(5)53(74-42(65)29-41(64)63-24-20-40(21-25-63)73-39-18-16-32(3)17-19-39)37(8)50(67)36(7)49(66)33(4)13-11-14-35(6)56(71)59-48(52(44)69)47(46)61-58/h11-14,28,31-34,36-37,39-40,49-50,53,66-69H,15-27,29-30H2,1-10H3,(H,59,71)/b13-11+,28-12+,35-14-/t32?,33-,34+,36+,37+,39?,49-,50+,53+,57-/m0/s1. The minimum atomic E-state index is -1.95. The van der Waals surface area contributed by atoms with Crippen LogP contribution >= 0.6 is 0 Å². The number of nitrogens with one attached hydrogen (secondary N) is 1. The third-order valence-corrected chi connectivity index (χ3v) is 16.9. The van der Waals surface area contributed by atoms with Crippen molar-refractivity contribution in [2.45, 2.75) is 175 Å². The van der Waals surface area contributed by atoms with Gasteiger partial charge in [0, 0.05) is 86.8 Å². The first kappa shape index (κ1) is 55.9. The van der Waals surface area contributed by atoms with E-state index < -0.39 is 83.3 Å². The van der Waals surface area contributed by atoms with E-state index in [1.54, 1.807) is 63.8 Å². The van der Waals surface area contributed by atoms with Gasteiger partial charge in [0.15, 0.2) is 11.4 Å². The van der Waals surface area contributed by atoms with Crippen LogP contribution in [-0.2, 0) is 28.6 Å². The quantitative estimate of drug-likeness (QED) is 0.106. The molecule has 7 aliphatic rings. The first-order valence-electron chi connectivity index (χ1n) is 27.5. The summed E-state index contributed by atoms with van der Waals surface area (Å²) in [5.74, 6) is -6.27. The summed E-state index contributed by atoms with van der Waals surface area (Å²) in [7, 11) is 0. The lowest BCUT2D eigenvalue weighted by atomic mass is 9.79. The van der Waals surface area contributed by atoms with Crippen molar-refractivity contribution in [2.75, 3.05) is 38.0 Å². The van der Waals surface area contributed by atoms with Crippen molar-refractivity contribution in [3.05, 3.63) is 58.0 Å². The van der Waals surface area contributed by atoms with Crippen LogP contribution in [0, 0.1) is 42.4 Å². The third-order valence-electron chi connectivity index (χ3n) is 16.9. The Balaban J connectivity index is 1.09. The summed E-state index contributed by atoms with van der Waals surface area (Å²) < 4.78 is 25.1. The lowest BCUT2D eigenvalue weighted by molar-refractivity contribution is -0.163.